The van der Waals surface area contributed by atoms with Gasteiger partial charge in [-0.1, -0.05) is 83.9 Å². The smallest absolute Gasteiger partial charge is 0.266 e. The molecule has 194 valence electrons. The van der Waals surface area contributed by atoms with Gasteiger partial charge in [0.25, 0.3) is 11.8 Å². The van der Waals surface area contributed by atoms with Crippen molar-refractivity contribution in [2.45, 2.75) is 84.1 Å². The summed E-state index contributed by atoms with van der Waals surface area (Å²) in [6, 6.07) is 7.67. The number of imide groups is 1. The highest BCUT2D eigenvalue weighted by Crippen LogP contribution is 2.35. The van der Waals surface area contributed by atoms with Gasteiger partial charge in [-0.25, -0.2) is 0 Å². The van der Waals surface area contributed by atoms with Crippen molar-refractivity contribution in [3.8, 4) is 0 Å². The summed E-state index contributed by atoms with van der Waals surface area (Å²) < 4.78 is 64.6. The fourth-order valence-electron chi connectivity index (χ4n) is 3.66. The Hall–Kier alpha value is -2.46. The Morgan fingerprint density at radius 3 is 1.94 bits per heavy atom. The second-order valence-electron chi connectivity index (χ2n) is 8.40. The van der Waals surface area contributed by atoms with E-state index in [0.717, 1.165) is 37.7 Å². The van der Waals surface area contributed by atoms with Crippen molar-refractivity contribution in [3.05, 3.63) is 47.0 Å². The molecule has 0 N–H and O–H groups in total. The number of carbonyl (C=O) groups is 2. The molecule has 1 heterocycles. The van der Waals surface area contributed by atoms with Crippen molar-refractivity contribution in [2.24, 2.45) is 0 Å². The van der Waals surface area contributed by atoms with E-state index in [4.69, 9.17) is 0 Å². The second kappa shape index (κ2) is 12.5. The Labute approximate surface area is 204 Å². The van der Waals surface area contributed by atoms with Crippen LogP contribution in [-0.2, 0) is 20.8 Å². The quantitative estimate of drug-likeness (QED) is 0.195. The van der Waals surface area contributed by atoms with Gasteiger partial charge in [-0.05, 0) is 35.9 Å². The zero-order chi connectivity index (χ0) is 26.2. The number of hydrogen-bond acceptors (Lipinski definition) is 5. The summed E-state index contributed by atoms with van der Waals surface area (Å²) in [6.45, 7) is 6.50. The maximum absolute atomic E-state index is 12.7. The van der Waals surface area contributed by atoms with Crippen LogP contribution in [0.25, 0.3) is 10.8 Å². The molecule has 0 saturated heterocycles. The molecule has 35 heavy (non-hydrogen) atoms. The molecule has 0 aliphatic carbocycles. The molecule has 0 atom stereocenters. The normalized spacial score (nSPS) is 13.7. The first-order valence-corrected chi connectivity index (χ1v) is 13.3. The van der Waals surface area contributed by atoms with Gasteiger partial charge < -0.3 is 0 Å². The number of benzene rings is 2. The van der Waals surface area contributed by atoms with E-state index in [1.807, 2.05) is 0 Å². The van der Waals surface area contributed by atoms with Gasteiger partial charge in [0.1, 0.15) is 0 Å². The summed E-state index contributed by atoms with van der Waals surface area (Å²) in [7, 11) is -6.18. The summed E-state index contributed by atoms with van der Waals surface area (Å²) >= 11 is 0. The third-order valence-corrected chi connectivity index (χ3v) is 6.63. The monoisotopic (exact) mass is 515 g/mol. The Bertz CT molecular complexity index is 1120. The lowest BCUT2D eigenvalue weighted by Gasteiger charge is -2.26. The number of nitrogens with zero attached hydrogens (tertiary/aromatic N) is 1. The third-order valence-electron chi connectivity index (χ3n) is 5.72. The molecule has 0 saturated carbocycles. The van der Waals surface area contributed by atoms with E-state index < -0.39 is 27.4 Å². The van der Waals surface area contributed by atoms with E-state index in [1.54, 1.807) is 12.1 Å². The molecule has 3 rings (SSSR count). The third kappa shape index (κ3) is 6.82. The molecule has 1 aliphatic heterocycles. The fourth-order valence-corrected chi connectivity index (χ4v) is 4.07. The van der Waals surface area contributed by atoms with Crippen LogP contribution in [0.3, 0.4) is 0 Å². The highest BCUT2D eigenvalue weighted by Gasteiger charge is 2.51. The molecule has 6 nitrogen and oxygen atoms in total. The minimum Gasteiger partial charge on any atom is -0.266 e. The van der Waals surface area contributed by atoms with Crippen molar-refractivity contribution in [3.63, 3.8) is 0 Å². The number of halogens is 3. The van der Waals surface area contributed by atoms with Crippen LogP contribution in [0.15, 0.2) is 30.3 Å². The van der Waals surface area contributed by atoms with Gasteiger partial charge in [-0.15, -0.1) is 9.35 Å². The lowest BCUT2D eigenvalue weighted by atomic mass is 9.90. The van der Waals surface area contributed by atoms with Crippen molar-refractivity contribution < 1.29 is 35.5 Å². The highest BCUT2D eigenvalue weighted by molar-refractivity contribution is 7.87. The molecule has 2 aromatic carbocycles. The average molecular weight is 516 g/mol. The molecule has 2 aromatic rings. The predicted octanol–water partition coefficient (Wildman–Crippen LogP) is 6.93. The van der Waals surface area contributed by atoms with E-state index in [-0.39, 0.29) is 16.2 Å². The van der Waals surface area contributed by atoms with Gasteiger partial charge >= 0.3 is 15.6 Å². The molecule has 0 fully saturated rings. The second-order valence-corrected chi connectivity index (χ2v) is 9.92. The fraction of sp³-hybridized carbons (Fsp3) is 0.520. The van der Waals surface area contributed by atoms with Crippen LogP contribution in [0.5, 0.6) is 0 Å². The lowest BCUT2D eigenvalue weighted by molar-refractivity contribution is -0.0761. The minimum absolute atomic E-state index is 0.0886. The van der Waals surface area contributed by atoms with Crippen molar-refractivity contribution in [2.75, 3.05) is 0 Å². The first kappa shape index (κ1) is 28.8. The topological polar surface area (TPSA) is 80.8 Å². The molecule has 2 amide bonds. The highest BCUT2D eigenvalue weighted by atomic mass is 32.2. The Morgan fingerprint density at radius 2 is 1.37 bits per heavy atom. The standard InChI is InChI=1S/C21H22F3NO5S.C4H10/c1-2-3-4-5-6-7-9-14-12-13-17-18-15(14)10-8-11-16(18)19(26)25(20(17)27)30-31(28,29)21(22,23)24;1-3-4-2/h8,10-13H,2-7,9H2,1H3;3-4H2,1-2H3. The molecule has 0 aromatic heterocycles. The first-order chi connectivity index (χ1) is 16.5. The van der Waals surface area contributed by atoms with Gasteiger partial charge in [0.2, 0.25) is 0 Å². The average Bonchev–Trinajstić information content (AvgIpc) is 2.82. The van der Waals surface area contributed by atoms with Crippen LogP contribution in [0.4, 0.5) is 13.2 Å². The zero-order valence-corrected chi connectivity index (χ0v) is 21.1. The number of aryl methyl sites for hydroxylation is 1. The van der Waals surface area contributed by atoms with Crippen molar-refractivity contribution in [1.82, 2.24) is 5.06 Å². The first-order valence-electron chi connectivity index (χ1n) is 11.9. The van der Waals surface area contributed by atoms with Gasteiger partial charge in [-0.3, -0.25) is 9.59 Å². The zero-order valence-electron chi connectivity index (χ0n) is 20.3. The number of unbranched alkanes of at least 4 members (excludes halogenated alkanes) is 6. The number of amides is 2. The van der Waals surface area contributed by atoms with E-state index in [1.165, 1.54) is 43.9 Å². The molecule has 0 unspecified atom stereocenters. The number of hydrogen-bond donors (Lipinski definition) is 0. The molecular weight excluding hydrogens is 483 g/mol. The maximum Gasteiger partial charge on any atom is 0.525 e. The van der Waals surface area contributed by atoms with Crippen LogP contribution in [0.2, 0.25) is 0 Å². The SMILES string of the molecule is CCCC.CCCCCCCCc1ccc2c3c(cccc13)C(=O)N(OS(=O)(=O)C(F)(F)F)C2=O. The van der Waals surface area contributed by atoms with Gasteiger partial charge in [0.15, 0.2) is 0 Å². The molecule has 10 heteroatoms. The maximum atomic E-state index is 12.7. The predicted molar refractivity (Wildman–Crippen MR) is 128 cm³/mol. The van der Waals surface area contributed by atoms with Crippen LogP contribution < -0.4 is 0 Å². The summed E-state index contributed by atoms with van der Waals surface area (Å²) in [5, 5.41) is 0.599. The Kier molecular flexibility index (Phi) is 10.3. The summed E-state index contributed by atoms with van der Waals surface area (Å²) in [5.74, 6) is -2.51. The van der Waals surface area contributed by atoms with Gasteiger partial charge in [-0.2, -0.15) is 21.6 Å². The number of alkyl halides is 3. The molecule has 0 bridgehead atoms. The molecular formula is C25H32F3NO5S. The van der Waals surface area contributed by atoms with E-state index >= 15 is 0 Å². The number of carbonyl (C=O) groups excluding carboxylic acids is 2. The Balaban J connectivity index is 0.00000100. The van der Waals surface area contributed by atoms with E-state index in [0.29, 0.717) is 10.8 Å². The lowest BCUT2D eigenvalue weighted by Crippen LogP contribution is -2.44. The molecule has 0 radical (unpaired) electrons. The number of hydroxylamine groups is 2. The largest absolute Gasteiger partial charge is 0.525 e. The van der Waals surface area contributed by atoms with Crippen LogP contribution >= 0.6 is 0 Å². The molecule has 0 spiro atoms. The van der Waals surface area contributed by atoms with Gasteiger partial charge in [0.05, 0.1) is 11.1 Å². The summed E-state index contributed by atoms with van der Waals surface area (Å²) in [5.41, 5.74) is -5.04. The summed E-state index contributed by atoms with van der Waals surface area (Å²) in [4.78, 5) is 25.3. The Morgan fingerprint density at radius 1 is 0.800 bits per heavy atom. The van der Waals surface area contributed by atoms with E-state index in [9.17, 15) is 31.2 Å². The van der Waals surface area contributed by atoms with Crippen molar-refractivity contribution in [1.29, 1.82) is 0 Å². The van der Waals surface area contributed by atoms with Gasteiger partial charge in [0, 0.05) is 5.39 Å². The van der Waals surface area contributed by atoms with Crippen molar-refractivity contribution >= 4 is 32.7 Å². The van der Waals surface area contributed by atoms with Crippen LogP contribution in [-0.4, -0.2) is 30.8 Å². The summed E-state index contributed by atoms with van der Waals surface area (Å²) in [6.07, 6.45) is 9.94. The number of rotatable bonds is 10. The minimum atomic E-state index is -6.18. The molecule has 1 aliphatic rings. The van der Waals surface area contributed by atoms with Crippen LogP contribution in [0, 0.1) is 0 Å². The van der Waals surface area contributed by atoms with E-state index in [2.05, 4.69) is 25.1 Å². The van der Waals surface area contributed by atoms with Crippen LogP contribution in [0.1, 0.15) is 98.4 Å².